The van der Waals surface area contributed by atoms with Crippen LogP contribution < -0.4 is 0 Å². The van der Waals surface area contributed by atoms with Crippen LogP contribution in [0.1, 0.15) is 173 Å². The molecule has 0 unspecified atom stereocenters. The largest absolute Gasteiger partial charge is 0.342 e. The van der Waals surface area contributed by atoms with Gasteiger partial charge in [-0.3, -0.25) is 0 Å². The molecule has 0 aliphatic carbocycles. The molecule has 0 aliphatic heterocycles. The van der Waals surface area contributed by atoms with E-state index in [0.29, 0.717) is 0 Å². The maximum Gasteiger partial charge on any atom is 0.107 e. The third-order valence-corrected chi connectivity index (χ3v) is 10.4. The molecule has 0 fully saturated rings. The first-order valence-corrected chi connectivity index (χ1v) is 22.0. The smallest absolute Gasteiger partial charge is 0.107 e. The SMILES string of the molecule is CCCCCCCCCc1nc2ccccc2[nH]1.CCCCCCCCCc1nc2ccccc2[nH]1.CCCCCCCCCc1nc2ccccc2[nH]1.[No]. The molecule has 3 aromatic carbocycles. The molecule has 3 heterocycles. The number of nitrogens with zero attached hydrogens (tertiary/aromatic N) is 3. The van der Waals surface area contributed by atoms with Crippen LogP contribution in [0.2, 0.25) is 0 Å². The van der Waals surface area contributed by atoms with Crippen LogP contribution in [0.25, 0.3) is 33.1 Å². The zero-order chi connectivity index (χ0) is 37.9. The molecule has 0 aliphatic rings. The summed E-state index contributed by atoms with van der Waals surface area (Å²) in [5.74, 6) is 3.43. The third-order valence-electron chi connectivity index (χ3n) is 10.4. The molecule has 0 radical (unpaired) electrons. The minimum atomic E-state index is 0. The molecule has 6 rings (SSSR count). The number of rotatable bonds is 24. The number of para-hydroxylation sites is 6. The molecule has 6 aromatic rings. The molecule has 0 atom stereocenters. The number of aromatic nitrogens is 6. The van der Waals surface area contributed by atoms with E-state index < -0.39 is 0 Å². The van der Waals surface area contributed by atoms with Crippen molar-refractivity contribution in [3.8, 4) is 0 Å². The van der Waals surface area contributed by atoms with Crippen LogP contribution in [-0.4, -0.2) is 29.9 Å². The van der Waals surface area contributed by atoms with Gasteiger partial charge < -0.3 is 15.0 Å². The predicted octanol–water partition coefficient (Wildman–Crippen LogP) is 14.6. The van der Waals surface area contributed by atoms with Gasteiger partial charge in [0, 0.05) is 19.3 Å². The van der Waals surface area contributed by atoms with Crippen LogP contribution in [-0.2, 0) is 19.3 Å². The molecule has 3 aromatic heterocycles. The van der Waals surface area contributed by atoms with Crippen molar-refractivity contribution in [1.82, 2.24) is 29.9 Å². The first-order chi connectivity index (χ1) is 26.7. The third kappa shape index (κ3) is 17.4. The average Bonchev–Trinajstić information content (AvgIpc) is 3.93. The van der Waals surface area contributed by atoms with E-state index in [1.54, 1.807) is 0 Å². The summed E-state index contributed by atoms with van der Waals surface area (Å²) in [7, 11) is 0. The van der Waals surface area contributed by atoms with Crippen molar-refractivity contribution in [1.29, 1.82) is 0 Å². The summed E-state index contributed by atoms with van der Waals surface area (Å²) in [6.07, 6.45) is 31.7. The van der Waals surface area contributed by atoms with E-state index in [1.807, 2.05) is 18.2 Å². The molecule has 308 valence electrons. The summed E-state index contributed by atoms with van der Waals surface area (Å²) in [5.41, 5.74) is 6.77. The zero-order valence-electron chi connectivity index (χ0n) is 34.5. The van der Waals surface area contributed by atoms with Gasteiger partial charge in [0.05, 0.1) is 33.1 Å². The van der Waals surface area contributed by atoms with Gasteiger partial charge >= 0.3 is 0 Å². The van der Waals surface area contributed by atoms with Crippen molar-refractivity contribution >= 4 is 33.1 Å². The first-order valence-electron chi connectivity index (χ1n) is 22.0. The van der Waals surface area contributed by atoms with E-state index in [0.717, 1.165) is 69.8 Å². The molecule has 3 N–H and O–H groups in total. The summed E-state index contributed by atoms with van der Waals surface area (Å²) in [4.78, 5) is 24.0. The topological polar surface area (TPSA) is 86.0 Å². The Labute approximate surface area is 327 Å². The van der Waals surface area contributed by atoms with Gasteiger partial charge in [-0.1, -0.05) is 173 Å². The van der Waals surface area contributed by atoms with Gasteiger partial charge in [-0.05, 0) is 55.7 Å². The quantitative estimate of drug-likeness (QED) is 0.0528. The number of aryl methyl sites for hydroxylation is 3. The molecule has 0 amide bonds. The summed E-state index contributed by atoms with van der Waals surface area (Å²) >= 11 is 0. The number of hydrogen-bond donors (Lipinski definition) is 3. The maximum absolute atomic E-state index is 4.60. The number of nitrogens with one attached hydrogen (secondary N) is 3. The molecular formula is C48H72N6No. The van der Waals surface area contributed by atoms with Crippen LogP contribution in [0.15, 0.2) is 72.8 Å². The summed E-state index contributed by atoms with van der Waals surface area (Å²) < 4.78 is 0. The van der Waals surface area contributed by atoms with Crippen molar-refractivity contribution in [3.63, 3.8) is 0 Å². The van der Waals surface area contributed by atoms with E-state index in [-0.39, 0.29) is 0 Å². The number of unbranched alkanes of at least 4 members (excludes halogenated alkanes) is 18. The molecule has 0 spiro atoms. The molecule has 0 saturated carbocycles. The Bertz CT molecular complexity index is 1490. The van der Waals surface area contributed by atoms with Crippen LogP contribution in [0.3, 0.4) is 0 Å². The molecule has 0 bridgehead atoms. The molecule has 55 heavy (non-hydrogen) atoms. The van der Waals surface area contributed by atoms with Gasteiger partial charge in [-0.25, -0.2) is 15.0 Å². The van der Waals surface area contributed by atoms with Gasteiger partial charge in [-0.2, -0.15) is 0 Å². The summed E-state index contributed by atoms with van der Waals surface area (Å²) in [5, 5.41) is 0. The number of fused-ring (bicyclic) bond motifs is 3. The van der Waals surface area contributed by atoms with Crippen molar-refractivity contribution in [2.45, 2.75) is 175 Å². The van der Waals surface area contributed by atoms with Crippen LogP contribution in [0, 0.1) is 0 Å². The normalized spacial score (nSPS) is 11.0. The molecule has 7 heteroatoms. The van der Waals surface area contributed by atoms with E-state index in [4.69, 9.17) is 0 Å². The second-order valence-corrected chi connectivity index (χ2v) is 15.2. The number of imidazole rings is 3. The minimum Gasteiger partial charge on any atom is -0.342 e. The fraction of sp³-hybridized carbons (Fsp3) is 0.562. The Kier molecular flexibility index (Phi) is 22.3. The number of hydrogen-bond acceptors (Lipinski definition) is 3. The Morgan fingerprint density at radius 3 is 0.818 bits per heavy atom. The van der Waals surface area contributed by atoms with Crippen molar-refractivity contribution < 1.29 is 0 Å². The second-order valence-electron chi connectivity index (χ2n) is 15.2. The monoisotopic (exact) mass is 992 g/mol. The van der Waals surface area contributed by atoms with Gasteiger partial charge in [0.2, 0.25) is 0 Å². The van der Waals surface area contributed by atoms with Crippen molar-refractivity contribution in [3.05, 3.63) is 90.3 Å². The van der Waals surface area contributed by atoms with Crippen LogP contribution in [0.5, 0.6) is 0 Å². The minimum absolute atomic E-state index is 0. The van der Waals surface area contributed by atoms with E-state index in [1.165, 1.54) is 135 Å². The Morgan fingerprint density at radius 1 is 0.327 bits per heavy atom. The maximum atomic E-state index is 4.60. The number of H-pyrrole nitrogens is 3. The standard InChI is InChI=1S/3C16H24N2.No/c3*1-2-3-4-5-6-7-8-13-16-17-14-11-9-10-12-15(14)18-16;/h3*9-12H,2-8,13H2,1H3,(H,17,18);. The fourth-order valence-electron chi connectivity index (χ4n) is 7.12. The molecule has 6 nitrogen and oxygen atoms in total. The summed E-state index contributed by atoms with van der Waals surface area (Å²) in [6, 6.07) is 24.8. The van der Waals surface area contributed by atoms with Crippen molar-refractivity contribution in [2.24, 2.45) is 0 Å². The fourth-order valence-corrected chi connectivity index (χ4v) is 7.12. The Hall–Kier alpha value is -4.93. The second kappa shape index (κ2) is 27.6. The van der Waals surface area contributed by atoms with Gasteiger partial charge in [-0.15, -0.1) is 0 Å². The van der Waals surface area contributed by atoms with Crippen LogP contribution in [0.4, 0.5) is 0 Å². The molecule has 0 saturated heterocycles. The van der Waals surface area contributed by atoms with Gasteiger partial charge in [0.15, 0.2) is 0 Å². The van der Waals surface area contributed by atoms with Crippen LogP contribution >= 0.6 is 0 Å². The zero-order valence-corrected chi connectivity index (χ0v) is 36.7. The Balaban J connectivity index is 0.000000220. The summed E-state index contributed by atoms with van der Waals surface area (Å²) in [6.45, 7) is 6.80. The van der Waals surface area contributed by atoms with Gasteiger partial charge in [0.1, 0.15) is 17.5 Å². The van der Waals surface area contributed by atoms with E-state index in [9.17, 15) is 0 Å². The molecular weight excluding hydrogens is 920 g/mol. The van der Waals surface area contributed by atoms with E-state index >= 15 is 0 Å². The number of benzene rings is 3. The average molecular weight is 992 g/mol. The Morgan fingerprint density at radius 2 is 0.564 bits per heavy atom. The van der Waals surface area contributed by atoms with Gasteiger partial charge in [0.25, 0.3) is 0 Å². The first kappa shape index (κ1) is 44.5. The van der Waals surface area contributed by atoms with Crippen molar-refractivity contribution in [2.75, 3.05) is 0 Å². The predicted molar refractivity (Wildman–Crippen MR) is 233 cm³/mol. The number of aromatic amines is 3. The van der Waals surface area contributed by atoms with E-state index in [2.05, 4.69) is 105 Å².